The molecule has 0 radical (unpaired) electrons. The molecule has 0 aliphatic heterocycles. The number of aromatic nitrogens is 1. The third-order valence-electron chi connectivity index (χ3n) is 6.65. The van der Waals surface area contributed by atoms with Crippen molar-refractivity contribution in [3.05, 3.63) is 83.2 Å². The second-order valence-electron chi connectivity index (χ2n) is 11.7. The molecule has 0 bridgehead atoms. The SMILES string of the molecule is CCc1cccc(-c2cnc(C(=O)NCCCCCN)c(NC(=O)CN(Cc3cccc(C)c3)C(=O)OC(C)(C)C)c2)c1. The summed E-state index contributed by atoms with van der Waals surface area (Å²) in [6.07, 6.45) is 4.48. The fourth-order valence-electron chi connectivity index (χ4n) is 4.51. The third kappa shape index (κ3) is 10.8. The van der Waals surface area contributed by atoms with Crippen LogP contribution >= 0.6 is 0 Å². The van der Waals surface area contributed by atoms with Crippen LogP contribution in [0.15, 0.2) is 60.8 Å². The van der Waals surface area contributed by atoms with E-state index in [2.05, 4.69) is 28.6 Å². The van der Waals surface area contributed by atoms with Gasteiger partial charge in [0.05, 0.1) is 5.69 Å². The van der Waals surface area contributed by atoms with Crippen molar-refractivity contribution in [3.8, 4) is 11.1 Å². The van der Waals surface area contributed by atoms with Gasteiger partial charge in [0.1, 0.15) is 12.1 Å². The van der Waals surface area contributed by atoms with E-state index in [1.165, 1.54) is 4.90 Å². The summed E-state index contributed by atoms with van der Waals surface area (Å²) in [6, 6.07) is 17.5. The predicted molar refractivity (Wildman–Crippen MR) is 171 cm³/mol. The molecule has 9 heteroatoms. The minimum Gasteiger partial charge on any atom is -0.444 e. The Morgan fingerprint density at radius 2 is 1.70 bits per heavy atom. The van der Waals surface area contributed by atoms with E-state index in [4.69, 9.17) is 10.5 Å². The second kappa shape index (κ2) is 15.8. The average Bonchev–Trinajstić information content (AvgIpc) is 2.95. The van der Waals surface area contributed by atoms with Gasteiger partial charge >= 0.3 is 6.09 Å². The highest BCUT2D eigenvalue weighted by Gasteiger charge is 2.25. The second-order valence-corrected chi connectivity index (χ2v) is 11.7. The molecule has 2 aromatic carbocycles. The van der Waals surface area contributed by atoms with Gasteiger partial charge in [-0.05, 0) is 76.3 Å². The summed E-state index contributed by atoms with van der Waals surface area (Å²) in [5.74, 6) is -0.863. The molecular formula is C34H45N5O4. The van der Waals surface area contributed by atoms with E-state index in [0.717, 1.165) is 53.5 Å². The lowest BCUT2D eigenvalue weighted by molar-refractivity contribution is -0.117. The molecule has 43 heavy (non-hydrogen) atoms. The molecule has 0 aliphatic rings. The zero-order chi connectivity index (χ0) is 31.4. The van der Waals surface area contributed by atoms with Crippen molar-refractivity contribution >= 4 is 23.6 Å². The fourth-order valence-corrected chi connectivity index (χ4v) is 4.51. The number of carbonyl (C=O) groups excluding carboxylic acids is 3. The summed E-state index contributed by atoms with van der Waals surface area (Å²) in [5, 5.41) is 5.75. The van der Waals surface area contributed by atoms with E-state index >= 15 is 0 Å². The predicted octanol–water partition coefficient (Wildman–Crippen LogP) is 5.85. The number of ether oxygens (including phenoxy) is 1. The molecule has 0 aliphatic carbocycles. The first-order valence-corrected chi connectivity index (χ1v) is 14.9. The van der Waals surface area contributed by atoms with Crippen LogP contribution in [0.4, 0.5) is 10.5 Å². The van der Waals surface area contributed by atoms with Gasteiger partial charge in [0.25, 0.3) is 5.91 Å². The largest absolute Gasteiger partial charge is 0.444 e. The van der Waals surface area contributed by atoms with Crippen molar-refractivity contribution in [2.75, 3.05) is 25.0 Å². The maximum atomic E-state index is 13.5. The number of nitrogens with one attached hydrogen (secondary N) is 2. The first-order chi connectivity index (χ1) is 20.5. The fraction of sp³-hybridized carbons (Fsp3) is 0.412. The Morgan fingerprint density at radius 1 is 0.953 bits per heavy atom. The van der Waals surface area contributed by atoms with Crippen LogP contribution in [-0.4, -0.2) is 53.0 Å². The Kier molecular flexibility index (Phi) is 12.3. The summed E-state index contributed by atoms with van der Waals surface area (Å²) in [7, 11) is 0. The molecule has 0 fully saturated rings. The van der Waals surface area contributed by atoms with Gasteiger partial charge in [-0.1, -0.05) is 67.4 Å². The van der Waals surface area contributed by atoms with Crippen LogP contribution in [0.2, 0.25) is 0 Å². The van der Waals surface area contributed by atoms with Gasteiger partial charge in [-0.2, -0.15) is 0 Å². The molecule has 4 N–H and O–H groups in total. The van der Waals surface area contributed by atoms with Crippen molar-refractivity contribution in [1.82, 2.24) is 15.2 Å². The van der Waals surface area contributed by atoms with Crippen LogP contribution in [0.25, 0.3) is 11.1 Å². The van der Waals surface area contributed by atoms with Gasteiger partial charge < -0.3 is 21.1 Å². The number of anilines is 1. The summed E-state index contributed by atoms with van der Waals surface area (Å²) in [5.41, 5.74) is 9.95. The standard InChI is InChI=1S/C34H45N5O4/c1-6-25-13-11-15-27(19-25)28-20-29(31(37-21-28)32(41)36-17-9-7-8-16-35)38-30(40)23-39(33(42)43-34(3,4)5)22-26-14-10-12-24(2)18-26/h10-15,18-21H,6-9,16-17,22-23,35H2,1-5H3,(H,36,41)(H,38,40). The quantitative estimate of drug-likeness (QED) is 0.215. The Morgan fingerprint density at radius 3 is 2.40 bits per heavy atom. The molecule has 0 atom stereocenters. The van der Waals surface area contributed by atoms with Crippen molar-refractivity contribution < 1.29 is 19.1 Å². The molecule has 230 valence electrons. The van der Waals surface area contributed by atoms with E-state index in [1.54, 1.807) is 33.0 Å². The van der Waals surface area contributed by atoms with Crippen molar-refractivity contribution in [3.63, 3.8) is 0 Å². The van der Waals surface area contributed by atoms with E-state index < -0.39 is 17.6 Å². The maximum absolute atomic E-state index is 13.5. The highest BCUT2D eigenvalue weighted by molar-refractivity contribution is 6.03. The van der Waals surface area contributed by atoms with E-state index in [-0.39, 0.29) is 30.4 Å². The van der Waals surface area contributed by atoms with E-state index in [1.807, 2.05) is 49.4 Å². The minimum absolute atomic E-state index is 0.102. The number of benzene rings is 2. The molecular weight excluding hydrogens is 542 g/mol. The van der Waals surface area contributed by atoms with Crippen LogP contribution < -0.4 is 16.4 Å². The molecule has 1 heterocycles. The summed E-state index contributed by atoms with van der Waals surface area (Å²) in [4.78, 5) is 45.6. The van der Waals surface area contributed by atoms with Crippen LogP contribution in [0.1, 0.15) is 74.1 Å². The number of nitrogens with zero attached hydrogens (tertiary/aromatic N) is 2. The van der Waals surface area contributed by atoms with Gasteiger partial charge in [0.15, 0.2) is 5.69 Å². The molecule has 3 rings (SSSR count). The van der Waals surface area contributed by atoms with Crippen LogP contribution in [-0.2, 0) is 22.5 Å². The Bertz CT molecular complexity index is 1400. The first-order valence-electron chi connectivity index (χ1n) is 14.9. The number of unbranched alkanes of at least 4 members (excludes halogenated alkanes) is 2. The highest BCUT2D eigenvalue weighted by Crippen LogP contribution is 2.26. The Balaban J connectivity index is 1.88. The maximum Gasteiger partial charge on any atom is 0.411 e. The van der Waals surface area contributed by atoms with E-state index in [0.29, 0.717) is 13.1 Å². The third-order valence-corrected chi connectivity index (χ3v) is 6.65. The number of amides is 3. The van der Waals surface area contributed by atoms with Crippen LogP contribution in [0.3, 0.4) is 0 Å². The highest BCUT2D eigenvalue weighted by atomic mass is 16.6. The van der Waals surface area contributed by atoms with Crippen molar-refractivity contribution in [2.24, 2.45) is 5.73 Å². The zero-order valence-electron chi connectivity index (χ0n) is 26.0. The van der Waals surface area contributed by atoms with Gasteiger partial charge in [-0.15, -0.1) is 0 Å². The molecule has 9 nitrogen and oxygen atoms in total. The van der Waals surface area contributed by atoms with Crippen molar-refractivity contribution in [2.45, 2.75) is 72.4 Å². The normalized spacial score (nSPS) is 11.1. The molecule has 0 saturated heterocycles. The minimum atomic E-state index is -0.737. The zero-order valence-corrected chi connectivity index (χ0v) is 26.0. The topological polar surface area (TPSA) is 127 Å². The molecule has 0 unspecified atom stereocenters. The van der Waals surface area contributed by atoms with Gasteiger partial charge in [-0.3, -0.25) is 14.5 Å². The smallest absolute Gasteiger partial charge is 0.411 e. The number of hydrogen-bond acceptors (Lipinski definition) is 6. The summed E-state index contributed by atoms with van der Waals surface area (Å²) < 4.78 is 5.61. The number of aryl methyl sites for hydroxylation is 2. The van der Waals surface area contributed by atoms with Gasteiger partial charge in [0.2, 0.25) is 5.91 Å². The number of rotatable bonds is 13. The van der Waals surface area contributed by atoms with Crippen LogP contribution in [0, 0.1) is 6.92 Å². The monoisotopic (exact) mass is 587 g/mol. The van der Waals surface area contributed by atoms with E-state index in [9.17, 15) is 14.4 Å². The number of nitrogens with two attached hydrogens (primary N) is 1. The lowest BCUT2D eigenvalue weighted by Gasteiger charge is -2.27. The number of carbonyl (C=O) groups is 3. The Labute approximate surface area is 255 Å². The molecule has 1 aromatic heterocycles. The number of hydrogen-bond donors (Lipinski definition) is 3. The lowest BCUT2D eigenvalue weighted by atomic mass is 10.0. The van der Waals surface area contributed by atoms with Crippen molar-refractivity contribution in [1.29, 1.82) is 0 Å². The van der Waals surface area contributed by atoms with Crippen LogP contribution in [0.5, 0.6) is 0 Å². The molecule has 0 spiro atoms. The average molecular weight is 588 g/mol. The Hall–Kier alpha value is -4.24. The number of pyridine rings is 1. The van der Waals surface area contributed by atoms with Gasteiger partial charge in [-0.25, -0.2) is 9.78 Å². The lowest BCUT2D eigenvalue weighted by Crippen LogP contribution is -2.41. The molecule has 3 amide bonds. The van der Waals surface area contributed by atoms with Gasteiger partial charge in [0, 0.05) is 24.8 Å². The summed E-state index contributed by atoms with van der Waals surface area (Å²) in [6.45, 7) is 10.4. The molecule has 3 aromatic rings. The first kappa shape index (κ1) is 33.3. The summed E-state index contributed by atoms with van der Waals surface area (Å²) >= 11 is 0. The molecule has 0 saturated carbocycles.